The molecule has 4 aromatic rings. The van der Waals surface area contributed by atoms with Crippen LogP contribution in [-0.4, -0.2) is 10.5 Å². The molecular weight excluding hydrogens is 352 g/mol. The Balaban J connectivity index is 1.43. The van der Waals surface area contributed by atoms with Gasteiger partial charge in [0.1, 0.15) is 5.76 Å². The van der Waals surface area contributed by atoms with Crippen molar-refractivity contribution in [3.05, 3.63) is 113 Å². The summed E-state index contributed by atoms with van der Waals surface area (Å²) in [6.07, 6.45) is 1.68. The average molecular weight is 370 g/mol. The molecule has 138 valence electrons. The van der Waals surface area contributed by atoms with Gasteiger partial charge in [0.25, 0.3) is 11.5 Å². The van der Waals surface area contributed by atoms with Crippen molar-refractivity contribution >= 4 is 11.6 Å². The molecule has 0 atom stereocenters. The van der Waals surface area contributed by atoms with Crippen LogP contribution >= 0.6 is 0 Å². The SMILES string of the molecule is O=C(Nc1ccc(-c2ccccc2)cc1)c1ccc(Cn2ccccc2=O)o1. The Bertz CT molecular complexity index is 1140. The number of carbonyl (C=O) groups is 1. The van der Waals surface area contributed by atoms with E-state index < -0.39 is 0 Å². The minimum atomic E-state index is -0.334. The lowest BCUT2D eigenvalue weighted by Gasteiger charge is -2.06. The number of pyridine rings is 1. The first-order chi connectivity index (χ1) is 13.7. The molecule has 5 heteroatoms. The summed E-state index contributed by atoms with van der Waals surface area (Å²) in [5.41, 5.74) is 2.75. The van der Waals surface area contributed by atoms with Crippen LogP contribution in [0.25, 0.3) is 11.1 Å². The highest BCUT2D eigenvalue weighted by molar-refractivity contribution is 6.02. The molecule has 1 amide bonds. The van der Waals surface area contributed by atoms with E-state index in [0.29, 0.717) is 11.4 Å². The molecule has 0 aliphatic carbocycles. The smallest absolute Gasteiger partial charge is 0.291 e. The number of nitrogens with one attached hydrogen (secondary N) is 1. The quantitative estimate of drug-likeness (QED) is 0.566. The van der Waals surface area contributed by atoms with Crippen molar-refractivity contribution in [1.82, 2.24) is 4.57 Å². The zero-order valence-corrected chi connectivity index (χ0v) is 15.0. The standard InChI is InChI=1S/C23H18N2O3/c26-22-8-4-5-15-25(22)16-20-13-14-21(28-20)23(27)24-19-11-9-18(10-12-19)17-6-2-1-3-7-17/h1-15H,16H2,(H,24,27). The van der Waals surface area contributed by atoms with Crippen LogP contribution in [0.3, 0.4) is 0 Å². The number of hydrogen-bond donors (Lipinski definition) is 1. The van der Waals surface area contributed by atoms with Gasteiger partial charge in [-0.2, -0.15) is 0 Å². The highest BCUT2D eigenvalue weighted by Gasteiger charge is 2.12. The van der Waals surface area contributed by atoms with Gasteiger partial charge in [0.15, 0.2) is 5.76 Å². The molecule has 0 saturated heterocycles. The van der Waals surface area contributed by atoms with Crippen LogP contribution in [0.1, 0.15) is 16.3 Å². The first kappa shape index (κ1) is 17.5. The Kier molecular flexibility index (Phi) is 4.89. The molecule has 0 unspecified atom stereocenters. The van der Waals surface area contributed by atoms with Gasteiger partial charge < -0.3 is 14.3 Å². The first-order valence-electron chi connectivity index (χ1n) is 8.90. The molecule has 2 heterocycles. The summed E-state index contributed by atoms with van der Waals surface area (Å²) in [6, 6.07) is 25.9. The Labute approximate surface area is 161 Å². The lowest BCUT2D eigenvalue weighted by molar-refractivity contribution is 0.0994. The molecule has 2 aromatic carbocycles. The van der Waals surface area contributed by atoms with E-state index in [0.717, 1.165) is 11.1 Å². The molecule has 2 aromatic heterocycles. The second-order valence-corrected chi connectivity index (χ2v) is 6.33. The molecule has 4 rings (SSSR count). The lowest BCUT2D eigenvalue weighted by Crippen LogP contribution is -2.18. The Morgan fingerprint density at radius 3 is 2.29 bits per heavy atom. The Hall–Kier alpha value is -3.86. The van der Waals surface area contributed by atoms with Gasteiger partial charge in [0, 0.05) is 18.0 Å². The monoisotopic (exact) mass is 370 g/mol. The largest absolute Gasteiger partial charge is 0.454 e. The van der Waals surface area contributed by atoms with Crippen molar-refractivity contribution in [1.29, 1.82) is 0 Å². The molecule has 0 aliphatic heterocycles. The van der Waals surface area contributed by atoms with Crippen LogP contribution in [-0.2, 0) is 6.54 Å². The summed E-state index contributed by atoms with van der Waals surface area (Å²) in [7, 11) is 0. The number of hydrogen-bond acceptors (Lipinski definition) is 3. The number of anilines is 1. The molecule has 0 spiro atoms. The fourth-order valence-corrected chi connectivity index (χ4v) is 2.91. The Morgan fingerprint density at radius 2 is 1.54 bits per heavy atom. The van der Waals surface area contributed by atoms with Gasteiger partial charge in [-0.3, -0.25) is 9.59 Å². The van der Waals surface area contributed by atoms with Crippen molar-refractivity contribution < 1.29 is 9.21 Å². The molecule has 0 aliphatic rings. The molecule has 1 N–H and O–H groups in total. The maximum absolute atomic E-state index is 12.4. The van der Waals surface area contributed by atoms with Gasteiger partial charge >= 0.3 is 0 Å². The van der Waals surface area contributed by atoms with E-state index in [-0.39, 0.29) is 23.8 Å². The number of amides is 1. The minimum absolute atomic E-state index is 0.122. The lowest BCUT2D eigenvalue weighted by atomic mass is 10.1. The van der Waals surface area contributed by atoms with Gasteiger partial charge in [0.05, 0.1) is 6.54 Å². The number of benzene rings is 2. The zero-order valence-electron chi connectivity index (χ0n) is 15.0. The van der Waals surface area contributed by atoms with Crippen LogP contribution < -0.4 is 10.9 Å². The third kappa shape index (κ3) is 3.94. The highest BCUT2D eigenvalue weighted by Crippen LogP contribution is 2.21. The van der Waals surface area contributed by atoms with E-state index in [1.165, 1.54) is 10.6 Å². The van der Waals surface area contributed by atoms with E-state index in [1.807, 2.05) is 54.6 Å². The second-order valence-electron chi connectivity index (χ2n) is 6.33. The number of nitrogens with zero attached hydrogens (tertiary/aromatic N) is 1. The van der Waals surface area contributed by atoms with Crippen molar-refractivity contribution in [3.63, 3.8) is 0 Å². The summed E-state index contributed by atoms with van der Waals surface area (Å²) in [4.78, 5) is 24.2. The molecule has 0 saturated carbocycles. The van der Waals surface area contributed by atoms with Crippen LogP contribution in [0.4, 0.5) is 5.69 Å². The predicted octanol–water partition coefficient (Wildman–Crippen LogP) is 4.41. The van der Waals surface area contributed by atoms with Crippen LogP contribution in [0, 0.1) is 0 Å². The van der Waals surface area contributed by atoms with Gasteiger partial charge in [-0.05, 0) is 41.5 Å². The highest BCUT2D eigenvalue weighted by atomic mass is 16.4. The summed E-state index contributed by atoms with van der Waals surface area (Å²) < 4.78 is 7.11. The second kappa shape index (κ2) is 7.80. The summed E-state index contributed by atoms with van der Waals surface area (Å²) in [5, 5.41) is 2.82. The average Bonchev–Trinajstić information content (AvgIpc) is 3.20. The third-order valence-electron chi connectivity index (χ3n) is 4.36. The molecule has 28 heavy (non-hydrogen) atoms. The van der Waals surface area contributed by atoms with Gasteiger partial charge in [-0.15, -0.1) is 0 Å². The fourth-order valence-electron chi connectivity index (χ4n) is 2.91. The van der Waals surface area contributed by atoms with E-state index in [4.69, 9.17) is 4.42 Å². The zero-order chi connectivity index (χ0) is 19.3. The molecule has 0 radical (unpaired) electrons. The molecular formula is C23H18N2O3. The first-order valence-corrected chi connectivity index (χ1v) is 8.90. The maximum Gasteiger partial charge on any atom is 0.291 e. The van der Waals surface area contributed by atoms with Gasteiger partial charge in [0.2, 0.25) is 0 Å². The Morgan fingerprint density at radius 1 is 0.821 bits per heavy atom. The van der Waals surface area contributed by atoms with Crippen molar-refractivity contribution in [2.24, 2.45) is 0 Å². The van der Waals surface area contributed by atoms with Crippen LogP contribution in [0.2, 0.25) is 0 Å². The topological polar surface area (TPSA) is 64.2 Å². The van der Waals surface area contributed by atoms with E-state index in [9.17, 15) is 9.59 Å². The predicted molar refractivity (Wildman–Crippen MR) is 108 cm³/mol. The van der Waals surface area contributed by atoms with E-state index in [2.05, 4.69) is 5.32 Å². The van der Waals surface area contributed by atoms with Crippen LogP contribution in [0.5, 0.6) is 0 Å². The van der Waals surface area contributed by atoms with Crippen molar-refractivity contribution in [3.8, 4) is 11.1 Å². The summed E-state index contributed by atoms with van der Waals surface area (Å²) in [5.74, 6) is 0.406. The third-order valence-corrected chi connectivity index (χ3v) is 4.36. The number of rotatable bonds is 5. The molecule has 0 fully saturated rings. The minimum Gasteiger partial charge on any atom is -0.454 e. The summed E-state index contributed by atoms with van der Waals surface area (Å²) >= 11 is 0. The van der Waals surface area contributed by atoms with E-state index in [1.54, 1.807) is 30.5 Å². The molecule has 0 bridgehead atoms. The molecule has 5 nitrogen and oxygen atoms in total. The fraction of sp³-hybridized carbons (Fsp3) is 0.0435. The summed E-state index contributed by atoms with van der Waals surface area (Å²) in [6.45, 7) is 0.277. The normalized spacial score (nSPS) is 10.6. The van der Waals surface area contributed by atoms with Crippen molar-refractivity contribution in [2.45, 2.75) is 6.54 Å². The van der Waals surface area contributed by atoms with Crippen molar-refractivity contribution in [2.75, 3.05) is 5.32 Å². The van der Waals surface area contributed by atoms with Gasteiger partial charge in [-0.25, -0.2) is 0 Å². The van der Waals surface area contributed by atoms with Gasteiger partial charge in [-0.1, -0.05) is 48.5 Å². The maximum atomic E-state index is 12.4. The number of aromatic nitrogens is 1. The number of carbonyl (C=O) groups excluding carboxylic acids is 1. The van der Waals surface area contributed by atoms with Crippen LogP contribution in [0.15, 0.2) is 100 Å². The van der Waals surface area contributed by atoms with E-state index >= 15 is 0 Å². The number of furan rings is 1.